The molecule has 120 valence electrons. The van der Waals surface area contributed by atoms with E-state index in [0.29, 0.717) is 5.15 Å². The lowest BCUT2D eigenvalue weighted by atomic mass is 9.74. The molecule has 3 N–H and O–H groups in total. The van der Waals surface area contributed by atoms with E-state index in [1.54, 1.807) is 11.8 Å². The molecular formula is C15H27ClN4O. The van der Waals surface area contributed by atoms with Crippen molar-refractivity contribution in [3.8, 4) is 0 Å². The van der Waals surface area contributed by atoms with Crippen LogP contribution in [0.4, 0.5) is 0 Å². The van der Waals surface area contributed by atoms with E-state index in [4.69, 9.17) is 22.2 Å². The molecule has 0 amide bonds. The molecule has 1 atom stereocenters. The zero-order chi connectivity index (χ0) is 15.6. The Labute approximate surface area is 132 Å². The summed E-state index contributed by atoms with van der Waals surface area (Å²) in [6.07, 6.45) is 5.13. The molecule has 0 aromatic carbocycles. The van der Waals surface area contributed by atoms with Gasteiger partial charge in [-0.3, -0.25) is 16.0 Å². The van der Waals surface area contributed by atoms with Gasteiger partial charge in [-0.25, -0.2) is 0 Å². The first-order valence-corrected chi connectivity index (χ1v) is 8.00. The number of hydrazine groups is 1. The van der Waals surface area contributed by atoms with Crippen molar-refractivity contribution in [3.05, 3.63) is 16.4 Å². The molecule has 1 unspecified atom stereocenters. The van der Waals surface area contributed by atoms with Gasteiger partial charge in [-0.2, -0.15) is 5.10 Å². The van der Waals surface area contributed by atoms with Crippen molar-refractivity contribution >= 4 is 11.6 Å². The van der Waals surface area contributed by atoms with Gasteiger partial charge in [-0.1, -0.05) is 18.5 Å². The summed E-state index contributed by atoms with van der Waals surface area (Å²) in [5.74, 6) is 6.61. The first-order chi connectivity index (χ1) is 9.93. The highest BCUT2D eigenvalue weighted by atomic mass is 35.5. The average molecular weight is 315 g/mol. The molecular weight excluding hydrogens is 288 g/mol. The first kappa shape index (κ1) is 16.7. The van der Waals surface area contributed by atoms with Gasteiger partial charge in [-0.15, -0.1) is 0 Å². The zero-order valence-corrected chi connectivity index (χ0v) is 14.2. The fourth-order valence-corrected chi connectivity index (χ4v) is 3.70. The van der Waals surface area contributed by atoms with Crippen molar-refractivity contribution in [3.63, 3.8) is 0 Å². The van der Waals surface area contributed by atoms with E-state index in [2.05, 4.69) is 17.4 Å². The second-order valence-corrected chi connectivity index (χ2v) is 6.71. The third-order valence-electron chi connectivity index (χ3n) is 5.04. The van der Waals surface area contributed by atoms with Crippen molar-refractivity contribution in [1.29, 1.82) is 0 Å². The van der Waals surface area contributed by atoms with Crippen LogP contribution in [0, 0.1) is 12.8 Å². The van der Waals surface area contributed by atoms with E-state index in [1.165, 1.54) is 12.8 Å². The summed E-state index contributed by atoms with van der Waals surface area (Å²) >= 11 is 6.36. The molecule has 1 fully saturated rings. The molecule has 1 saturated carbocycles. The maximum absolute atomic E-state index is 6.36. The number of hydrogen-bond acceptors (Lipinski definition) is 4. The normalized spacial score (nSPS) is 27.8. The van der Waals surface area contributed by atoms with Gasteiger partial charge in [-0.05, 0) is 44.9 Å². The summed E-state index contributed by atoms with van der Waals surface area (Å²) in [5, 5.41) is 5.06. The lowest BCUT2D eigenvalue weighted by Crippen LogP contribution is -2.57. The summed E-state index contributed by atoms with van der Waals surface area (Å²) in [4.78, 5) is 0. The third kappa shape index (κ3) is 3.26. The van der Waals surface area contributed by atoms with Gasteiger partial charge < -0.3 is 4.74 Å². The second-order valence-electron chi connectivity index (χ2n) is 6.35. The van der Waals surface area contributed by atoms with E-state index >= 15 is 0 Å². The van der Waals surface area contributed by atoms with E-state index in [-0.39, 0.29) is 11.6 Å². The minimum atomic E-state index is -0.215. The topological polar surface area (TPSA) is 65.1 Å². The molecule has 0 aliphatic heterocycles. The number of nitrogens with zero attached hydrogens (tertiary/aromatic N) is 2. The van der Waals surface area contributed by atoms with Gasteiger partial charge in [0, 0.05) is 19.7 Å². The summed E-state index contributed by atoms with van der Waals surface area (Å²) in [6, 6.07) is 0.0374. The maximum Gasteiger partial charge on any atom is 0.130 e. The van der Waals surface area contributed by atoms with Crippen LogP contribution in [0.1, 0.15) is 43.9 Å². The molecule has 1 aromatic heterocycles. The monoisotopic (exact) mass is 314 g/mol. The first-order valence-electron chi connectivity index (χ1n) is 7.62. The molecule has 6 heteroatoms. The van der Waals surface area contributed by atoms with Crippen molar-refractivity contribution < 1.29 is 4.74 Å². The number of nitrogens with two attached hydrogens (primary N) is 1. The van der Waals surface area contributed by atoms with Gasteiger partial charge >= 0.3 is 0 Å². The Kier molecular flexibility index (Phi) is 5.30. The molecule has 5 nitrogen and oxygen atoms in total. The van der Waals surface area contributed by atoms with Gasteiger partial charge in [0.25, 0.3) is 0 Å². The van der Waals surface area contributed by atoms with E-state index in [0.717, 1.165) is 36.4 Å². The summed E-state index contributed by atoms with van der Waals surface area (Å²) < 4.78 is 7.64. The third-order valence-corrected chi connectivity index (χ3v) is 5.51. The van der Waals surface area contributed by atoms with Gasteiger partial charge in [0.05, 0.1) is 17.3 Å². The minimum Gasteiger partial charge on any atom is -0.377 e. The molecule has 0 bridgehead atoms. The highest BCUT2D eigenvalue weighted by molar-refractivity contribution is 6.30. The number of nitrogens with one attached hydrogen (secondary N) is 1. The zero-order valence-electron chi connectivity index (χ0n) is 13.4. The fourth-order valence-electron chi connectivity index (χ4n) is 3.45. The van der Waals surface area contributed by atoms with Crippen LogP contribution in [0.3, 0.4) is 0 Å². The van der Waals surface area contributed by atoms with Crippen LogP contribution in [-0.4, -0.2) is 28.5 Å². The van der Waals surface area contributed by atoms with Crippen LogP contribution in [0.5, 0.6) is 0 Å². The Balaban J connectivity index is 2.22. The highest BCUT2D eigenvalue weighted by Gasteiger charge is 2.41. The highest BCUT2D eigenvalue weighted by Crippen LogP contribution is 2.38. The molecule has 21 heavy (non-hydrogen) atoms. The number of ether oxygens (including phenoxy) is 1. The molecule has 0 radical (unpaired) electrons. The van der Waals surface area contributed by atoms with Crippen molar-refractivity contribution in [2.24, 2.45) is 18.8 Å². The molecule has 1 aliphatic carbocycles. The predicted molar refractivity (Wildman–Crippen MR) is 85.1 cm³/mol. The Morgan fingerprint density at radius 3 is 2.57 bits per heavy atom. The molecule has 1 aromatic rings. The van der Waals surface area contributed by atoms with E-state index in [9.17, 15) is 0 Å². The summed E-state index contributed by atoms with van der Waals surface area (Å²) in [5.41, 5.74) is 4.76. The standard InChI is InChI=1S/C15H27ClN4O/c1-10-5-7-15(21-4,8-6-10)13(18-17)9-12-11(2)19-20(3)14(12)16/h10,13,18H,5-9,17H2,1-4H3. The van der Waals surface area contributed by atoms with Crippen LogP contribution >= 0.6 is 11.6 Å². The van der Waals surface area contributed by atoms with Crippen molar-refractivity contribution in [1.82, 2.24) is 15.2 Å². The SMILES string of the molecule is COC1(C(Cc2c(C)nn(C)c2Cl)NN)CCC(C)CC1. The minimum absolute atomic E-state index is 0.0374. The number of hydrogen-bond donors (Lipinski definition) is 2. The number of aryl methyl sites for hydroxylation is 2. The van der Waals surface area contributed by atoms with E-state index in [1.807, 2.05) is 14.0 Å². The van der Waals surface area contributed by atoms with Crippen molar-refractivity contribution in [2.45, 2.75) is 57.6 Å². The van der Waals surface area contributed by atoms with E-state index < -0.39 is 0 Å². The fraction of sp³-hybridized carbons (Fsp3) is 0.800. The molecule has 0 saturated heterocycles. The van der Waals surface area contributed by atoms with Crippen molar-refractivity contribution in [2.75, 3.05) is 7.11 Å². The molecule has 1 heterocycles. The number of halogens is 1. The Bertz CT molecular complexity index is 480. The van der Waals surface area contributed by atoms with Gasteiger partial charge in [0.15, 0.2) is 0 Å². The molecule has 2 rings (SSSR count). The predicted octanol–water partition coefficient (Wildman–Crippen LogP) is 2.35. The van der Waals surface area contributed by atoms with Crippen LogP contribution in [0.25, 0.3) is 0 Å². The number of aromatic nitrogens is 2. The second kappa shape index (κ2) is 6.65. The summed E-state index contributed by atoms with van der Waals surface area (Å²) in [7, 11) is 3.65. The lowest BCUT2D eigenvalue weighted by Gasteiger charge is -2.43. The average Bonchev–Trinajstić information content (AvgIpc) is 2.72. The Hall–Kier alpha value is -0.620. The lowest BCUT2D eigenvalue weighted by molar-refractivity contribution is -0.0746. The number of rotatable bonds is 5. The molecule has 1 aliphatic rings. The largest absolute Gasteiger partial charge is 0.377 e. The number of methoxy groups -OCH3 is 1. The van der Waals surface area contributed by atoms with Crippen LogP contribution in [0.2, 0.25) is 5.15 Å². The quantitative estimate of drug-likeness (QED) is 0.647. The van der Waals surface area contributed by atoms with Gasteiger partial charge in [0.2, 0.25) is 0 Å². The Morgan fingerprint density at radius 2 is 2.14 bits per heavy atom. The van der Waals surface area contributed by atoms with Crippen LogP contribution in [0.15, 0.2) is 0 Å². The van der Waals surface area contributed by atoms with Gasteiger partial charge in [0.1, 0.15) is 5.15 Å². The van der Waals surface area contributed by atoms with Crippen LogP contribution < -0.4 is 11.3 Å². The Morgan fingerprint density at radius 1 is 1.52 bits per heavy atom. The molecule has 0 spiro atoms. The maximum atomic E-state index is 6.36. The smallest absolute Gasteiger partial charge is 0.130 e. The summed E-state index contributed by atoms with van der Waals surface area (Å²) in [6.45, 7) is 4.28. The van der Waals surface area contributed by atoms with Crippen LogP contribution in [-0.2, 0) is 18.2 Å².